The van der Waals surface area contributed by atoms with Crippen molar-refractivity contribution in [2.45, 2.75) is 13.3 Å². The number of nitro benzene ring substituents is 1. The molecule has 3 aromatic carbocycles. The zero-order chi connectivity index (χ0) is 30.6. The third kappa shape index (κ3) is 5.05. The molecule has 0 spiro atoms. The number of nitrogens with zero attached hydrogens (tertiary/aromatic N) is 3. The fraction of sp³-hybridized carbons (Fsp3) is 0.185. The zero-order valence-corrected chi connectivity index (χ0v) is 27.9. The highest BCUT2D eigenvalue weighted by atomic mass is 79.9. The lowest BCUT2D eigenvalue weighted by atomic mass is 10.1. The second-order valence-electron chi connectivity index (χ2n) is 9.34. The minimum absolute atomic E-state index is 0.00712. The van der Waals surface area contributed by atoms with Gasteiger partial charge in [0.2, 0.25) is 5.91 Å². The highest BCUT2D eigenvalue weighted by Gasteiger charge is 2.43. The van der Waals surface area contributed by atoms with Crippen LogP contribution in [-0.4, -0.2) is 42.3 Å². The predicted octanol–water partition coefficient (Wildman–Crippen LogP) is 6.72. The van der Waals surface area contributed by atoms with Gasteiger partial charge in [-0.15, -0.1) is 0 Å². The van der Waals surface area contributed by atoms with Gasteiger partial charge in [-0.25, -0.2) is 4.90 Å². The normalized spacial score (nSPS) is 16.2. The lowest BCUT2D eigenvalue weighted by molar-refractivity contribution is -0.384. The molecule has 1 saturated heterocycles. The molecule has 2 aliphatic heterocycles. The Morgan fingerprint density at radius 1 is 0.929 bits per heavy atom. The topological polar surface area (TPSA) is 136 Å². The molecule has 1 fully saturated rings. The van der Waals surface area contributed by atoms with E-state index in [2.05, 4.69) is 63.7 Å². The quantitative estimate of drug-likeness (QED) is 0.0509. The second kappa shape index (κ2) is 11.5. The van der Waals surface area contributed by atoms with Gasteiger partial charge in [-0.1, -0.05) is 0 Å². The van der Waals surface area contributed by atoms with Crippen LogP contribution in [0.25, 0.3) is 0 Å². The zero-order valence-electron chi connectivity index (χ0n) is 21.6. The Balaban J connectivity index is 1.34. The van der Waals surface area contributed by atoms with Crippen LogP contribution in [0.4, 0.5) is 17.1 Å². The van der Waals surface area contributed by atoms with Gasteiger partial charge in [-0.3, -0.25) is 29.3 Å². The summed E-state index contributed by atoms with van der Waals surface area (Å²) < 4.78 is 12.8. The number of aryl methyl sites for hydroxylation is 1. The summed E-state index contributed by atoms with van der Waals surface area (Å²) in [6, 6.07) is 8.37. The first-order valence-corrected chi connectivity index (χ1v) is 15.2. The van der Waals surface area contributed by atoms with Crippen molar-refractivity contribution in [1.82, 2.24) is 0 Å². The van der Waals surface area contributed by atoms with E-state index in [1.54, 1.807) is 6.92 Å². The highest BCUT2D eigenvalue weighted by molar-refractivity contribution is 9.15. The molecule has 42 heavy (non-hydrogen) atoms. The van der Waals surface area contributed by atoms with Gasteiger partial charge in [0, 0.05) is 36.9 Å². The molecule has 2 heterocycles. The van der Waals surface area contributed by atoms with E-state index in [-0.39, 0.29) is 47.2 Å². The Labute approximate surface area is 271 Å². The number of imide groups is 1. The van der Waals surface area contributed by atoms with Crippen molar-refractivity contribution in [1.29, 1.82) is 0 Å². The smallest absolute Gasteiger partial charge is 0.316 e. The van der Waals surface area contributed by atoms with Gasteiger partial charge in [0.15, 0.2) is 0 Å². The number of esters is 1. The van der Waals surface area contributed by atoms with Crippen LogP contribution in [0, 0.1) is 23.0 Å². The lowest BCUT2D eigenvalue weighted by Gasteiger charge is -2.19. The number of carbonyl (C=O) groups is 4. The van der Waals surface area contributed by atoms with Gasteiger partial charge in [-0.05, 0) is 100 Å². The average molecular weight is 831 g/mol. The van der Waals surface area contributed by atoms with E-state index in [4.69, 9.17) is 9.47 Å². The van der Waals surface area contributed by atoms with E-state index in [0.29, 0.717) is 34.8 Å². The summed E-state index contributed by atoms with van der Waals surface area (Å²) >= 11 is 13.6. The molecular weight excluding hydrogens is 814 g/mol. The van der Waals surface area contributed by atoms with E-state index in [0.717, 1.165) is 4.90 Å². The number of rotatable bonds is 6. The van der Waals surface area contributed by atoms with Gasteiger partial charge in [0.05, 0.1) is 46.5 Å². The molecule has 216 valence electrons. The third-order valence-electron chi connectivity index (χ3n) is 6.85. The molecule has 5 rings (SSSR count). The first kappa shape index (κ1) is 30.3. The van der Waals surface area contributed by atoms with Crippen LogP contribution >= 0.6 is 63.7 Å². The fourth-order valence-electron chi connectivity index (χ4n) is 4.81. The van der Waals surface area contributed by atoms with Crippen LogP contribution in [0.1, 0.15) is 32.7 Å². The standard InChI is InChI=1S/C27H17Br4N3O8/c1-11-7-14(4-6-15(11)33-25(36)19-20(26(33)37)22(29)24(31)23(30)21(19)28)42-27(38)12-8-18(35)32(10-12)16-5-3-13(34(39)40)9-17(16)41-2/h3-7,9,12H,8,10H2,1-2H3/t12-/m0/s1. The van der Waals surface area contributed by atoms with Crippen molar-refractivity contribution in [3.8, 4) is 11.5 Å². The number of amides is 3. The molecule has 0 N–H and O–H groups in total. The van der Waals surface area contributed by atoms with Crippen LogP contribution in [0.15, 0.2) is 54.3 Å². The van der Waals surface area contributed by atoms with E-state index < -0.39 is 28.6 Å². The summed E-state index contributed by atoms with van der Waals surface area (Å²) in [4.78, 5) is 65.4. The summed E-state index contributed by atoms with van der Waals surface area (Å²) in [5.74, 6) is -2.56. The van der Waals surface area contributed by atoms with Gasteiger partial charge < -0.3 is 14.4 Å². The van der Waals surface area contributed by atoms with Crippen molar-refractivity contribution in [2.24, 2.45) is 5.92 Å². The Morgan fingerprint density at radius 3 is 2.07 bits per heavy atom. The van der Waals surface area contributed by atoms with Crippen molar-refractivity contribution in [3.63, 3.8) is 0 Å². The number of benzene rings is 3. The Bertz CT molecular complexity index is 1700. The number of hydrogen-bond donors (Lipinski definition) is 0. The maximum absolute atomic E-state index is 13.4. The van der Waals surface area contributed by atoms with Crippen molar-refractivity contribution in [3.05, 3.63) is 81.1 Å². The molecule has 0 radical (unpaired) electrons. The number of fused-ring (bicyclic) bond motifs is 1. The number of nitro groups is 1. The van der Waals surface area contributed by atoms with E-state index in [9.17, 15) is 29.3 Å². The van der Waals surface area contributed by atoms with Crippen LogP contribution in [-0.2, 0) is 9.59 Å². The number of carbonyl (C=O) groups excluding carboxylic acids is 4. The summed E-state index contributed by atoms with van der Waals surface area (Å²) in [7, 11) is 1.33. The summed E-state index contributed by atoms with van der Waals surface area (Å²) in [5, 5.41) is 11.1. The summed E-state index contributed by atoms with van der Waals surface area (Å²) in [5.41, 5.74) is 1.34. The largest absolute Gasteiger partial charge is 0.494 e. The molecule has 0 aliphatic carbocycles. The number of halogens is 4. The van der Waals surface area contributed by atoms with E-state index in [1.807, 2.05) is 0 Å². The fourth-order valence-corrected chi connectivity index (χ4v) is 7.27. The van der Waals surface area contributed by atoms with Crippen LogP contribution in [0.5, 0.6) is 11.5 Å². The maximum Gasteiger partial charge on any atom is 0.316 e. The third-order valence-corrected chi connectivity index (χ3v) is 11.6. The lowest BCUT2D eigenvalue weighted by Crippen LogP contribution is -2.30. The number of ether oxygens (including phenoxy) is 2. The number of methoxy groups -OCH3 is 1. The van der Waals surface area contributed by atoms with Crippen molar-refractivity contribution < 1.29 is 33.6 Å². The molecule has 11 nitrogen and oxygen atoms in total. The molecule has 1 atom stereocenters. The molecule has 2 aliphatic rings. The number of anilines is 2. The summed E-state index contributed by atoms with van der Waals surface area (Å²) in [6.45, 7) is 1.67. The second-order valence-corrected chi connectivity index (χ2v) is 12.5. The van der Waals surface area contributed by atoms with Gasteiger partial charge >= 0.3 is 5.97 Å². The molecule has 0 saturated carbocycles. The Morgan fingerprint density at radius 2 is 1.52 bits per heavy atom. The first-order valence-electron chi connectivity index (χ1n) is 12.1. The monoisotopic (exact) mass is 827 g/mol. The molecule has 0 unspecified atom stereocenters. The van der Waals surface area contributed by atoms with Crippen molar-refractivity contribution >= 4 is 104 Å². The van der Waals surface area contributed by atoms with Crippen LogP contribution in [0.3, 0.4) is 0 Å². The number of non-ortho nitro benzene ring substituents is 1. The maximum atomic E-state index is 13.4. The Hall–Kier alpha value is -3.14. The highest BCUT2D eigenvalue weighted by Crippen LogP contribution is 2.46. The van der Waals surface area contributed by atoms with Gasteiger partial charge in [-0.2, -0.15) is 0 Å². The minimum atomic E-state index is -0.805. The minimum Gasteiger partial charge on any atom is -0.494 e. The molecule has 3 aromatic rings. The van der Waals surface area contributed by atoms with Crippen LogP contribution < -0.4 is 19.3 Å². The number of hydrogen-bond acceptors (Lipinski definition) is 8. The molecule has 0 aromatic heterocycles. The van der Waals surface area contributed by atoms with Gasteiger partial charge in [0.25, 0.3) is 17.5 Å². The van der Waals surface area contributed by atoms with Crippen LogP contribution in [0.2, 0.25) is 0 Å². The first-order chi connectivity index (χ1) is 19.8. The summed E-state index contributed by atoms with van der Waals surface area (Å²) in [6.07, 6.45) is -0.125. The molecular formula is C27H17Br4N3O8. The SMILES string of the molecule is COc1cc([N+](=O)[O-])ccc1N1C[C@@H](C(=O)Oc2ccc(N3C(=O)c4c(Br)c(Br)c(Br)c(Br)c4C3=O)c(C)c2)CC1=O. The predicted molar refractivity (Wildman–Crippen MR) is 165 cm³/mol. The van der Waals surface area contributed by atoms with Crippen molar-refractivity contribution in [2.75, 3.05) is 23.5 Å². The molecule has 0 bridgehead atoms. The average Bonchev–Trinajstić information content (AvgIpc) is 3.47. The van der Waals surface area contributed by atoms with E-state index >= 15 is 0 Å². The Kier molecular flexibility index (Phi) is 8.31. The van der Waals surface area contributed by atoms with Gasteiger partial charge in [0.1, 0.15) is 11.5 Å². The molecule has 15 heteroatoms. The molecule has 3 amide bonds. The van der Waals surface area contributed by atoms with E-state index in [1.165, 1.54) is 48.4 Å².